The van der Waals surface area contributed by atoms with Gasteiger partial charge < -0.3 is 10.4 Å². The van der Waals surface area contributed by atoms with Crippen LogP contribution in [0, 0.1) is 11.9 Å². The van der Waals surface area contributed by atoms with E-state index >= 15 is 0 Å². The molecular formula is C13H15FN2O3. The van der Waals surface area contributed by atoms with Crippen molar-refractivity contribution in [2.75, 3.05) is 0 Å². The summed E-state index contributed by atoms with van der Waals surface area (Å²) in [5.74, 6) is -2.65. The average molecular weight is 266 g/mol. The Bertz CT molecular complexity index is 493. The molecule has 102 valence electrons. The first-order valence-electron chi connectivity index (χ1n) is 6.23. The highest BCUT2D eigenvalue weighted by molar-refractivity contribution is 5.94. The fraction of sp³-hybridized carbons (Fsp3) is 0.462. The van der Waals surface area contributed by atoms with Crippen LogP contribution >= 0.6 is 0 Å². The highest BCUT2D eigenvalue weighted by atomic mass is 19.1. The van der Waals surface area contributed by atoms with E-state index in [1.807, 2.05) is 0 Å². The number of rotatable bonds is 3. The standard InChI is InChI=1S/C13H15FN2O3/c14-11-7-8(5-6-15-11)12(17)16-10-4-2-1-3-9(10)13(18)19/h5-7,9-10H,1-4H2,(H,16,17)(H,18,19). The summed E-state index contributed by atoms with van der Waals surface area (Å²) < 4.78 is 12.9. The van der Waals surface area contributed by atoms with Gasteiger partial charge >= 0.3 is 5.97 Å². The fourth-order valence-corrected chi connectivity index (χ4v) is 2.39. The number of nitrogens with zero attached hydrogens (tertiary/aromatic N) is 1. The van der Waals surface area contributed by atoms with Gasteiger partial charge in [-0.05, 0) is 18.9 Å². The molecule has 0 aromatic carbocycles. The lowest BCUT2D eigenvalue weighted by Crippen LogP contribution is -2.45. The molecule has 1 aromatic heterocycles. The van der Waals surface area contributed by atoms with Gasteiger partial charge in [0, 0.05) is 23.9 Å². The van der Waals surface area contributed by atoms with Crippen LogP contribution in [0.25, 0.3) is 0 Å². The molecule has 1 aliphatic rings. The van der Waals surface area contributed by atoms with Gasteiger partial charge in [-0.1, -0.05) is 12.8 Å². The summed E-state index contributed by atoms with van der Waals surface area (Å²) >= 11 is 0. The Labute approximate surface area is 109 Å². The molecule has 0 radical (unpaired) electrons. The molecular weight excluding hydrogens is 251 g/mol. The molecule has 1 aromatic rings. The molecule has 1 amide bonds. The van der Waals surface area contributed by atoms with Gasteiger partial charge in [0.05, 0.1) is 5.92 Å². The van der Waals surface area contributed by atoms with Crippen LogP contribution in [0.1, 0.15) is 36.0 Å². The second kappa shape index (κ2) is 5.77. The monoisotopic (exact) mass is 266 g/mol. The van der Waals surface area contributed by atoms with E-state index in [9.17, 15) is 14.0 Å². The van der Waals surface area contributed by atoms with Gasteiger partial charge in [-0.15, -0.1) is 0 Å². The minimum Gasteiger partial charge on any atom is -0.481 e. The Morgan fingerprint density at radius 3 is 2.79 bits per heavy atom. The summed E-state index contributed by atoms with van der Waals surface area (Å²) in [6.45, 7) is 0. The van der Waals surface area contributed by atoms with Crippen LogP contribution in [-0.2, 0) is 4.79 Å². The van der Waals surface area contributed by atoms with Gasteiger partial charge in [0.25, 0.3) is 5.91 Å². The Hall–Kier alpha value is -1.98. The van der Waals surface area contributed by atoms with Crippen molar-refractivity contribution in [2.45, 2.75) is 31.7 Å². The summed E-state index contributed by atoms with van der Waals surface area (Å²) in [5, 5.41) is 11.8. The van der Waals surface area contributed by atoms with Crippen LogP contribution in [0.15, 0.2) is 18.3 Å². The molecule has 0 spiro atoms. The summed E-state index contributed by atoms with van der Waals surface area (Å²) in [6, 6.07) is 2.04. The van der Waals surface area contributed by atoms with Gasteiger partial charge in [-0.2, -0.15) is 4.39 Å². The quantitative estimate of drug-likeness (QED) is 0.814. The zero-order valence-electron chi connectivity index (χ0n) is 10.3. The number of carboxylic acid groups (broad SMARTS) is 1. The molecule has 2 atom stereocenters. The van der Waals surface area contributed by atoms with E-state index in [0.717, 1.165) is 18.9 Å². The maximum Gasteiger partial charge on any atom is 0.308 e. The lowest BCUT2D eigenvalue weighted by Gasteiger charge is -2.29. The number of hydrogen-bond donors (Lipinski definition) is 2. The van der Waals surface area contributed by atoms with Crippen molar-refractivity contribution in [3.05, 3.63) is 29.8 Å². The van der Waals surface area contributed by atoms with Crippen LogP contribution in [0.2, 0.25) is 0 Å². The smallest absolute Gasteiger partial charge is 0.308 e. The second-order valence-corrected chi connectivity index (χ2v) is 4.68. The number of halogens is 1. The number of aromatic nitrogens is 1. The Morgan fingerprint density at radius 2 is 2.11 bits per heavy atom. The van der Waals surface area contributed by atoms with Crippen molar-refractivity contribution in [3.63, 3.8) is 0 Å². The largest absolute Gasteiger partial charge is 0.481 e. The van der Waals surface area contributed by atoms with Crippen LogP contribution in [0.4, 0.5) is 4.39 Å². The molecule has 2 N–H and O–H groups in total. The maximum atomic E-state index is 12.9. The Balaban J connectivity index is 2.07. The first-order valence-corrected chi connectivity index (χ1v) is 6.23. The van der Waals surface area contributed by atoms with Crippen molar-refractivity contribution in [1.82, 2.24) is 10.3 Å². The molecule has 0 aliphatic heterocycles. The molecule has 1 heterocycles. The fourth-order valence-electron chi connectivity index (χ4n) is 2.39. The zero-order valence-corrected chi connectivity index (χ0v) is 10.3. The van der Waals surface area contributed by atoms with E-state index in [4.69, 9.17) is 5.11 Å². The minimum absolute atomic E-state index is 0.155. The number of amides is 1. The predicted molar refractivity (Wildman–Crippen MR) is 65.0 cm³/mol. The van der Waals surface area contributed by atoms with Crippen molar-refractivity contribution in [2.24, 2.45) is 5.92 Å². The highest BCUT2D eigenvalue weighted by Crippen LogP contribution is 2.24. The predicted octanol–water partition coefficient (Wildman–Crippen LogP) is 1.59. The normalized spacial score (nSPS) is 22.8. The summed E-state index contributed by atoms with van der Waals surface area (Å²) in [5.41, 5.74) is 0.155. The molecule has 1 aliphatic carbocycles. The number of carboxylic acids is 1. The van der Waals surface area contributed by atoms with Crippen LogP contribution in [0.5, 0.6) is 0 Å². The van der Waals surface area contributed by atoms with Crippen LogP contribution in [-0.4, -0.2) is 28.0 Å². The summed E-state index contributed by atoms with van der Waals surface area (Å²) in [6.07, 6.45) is 4.15. The van der Waals surface area contributed by atoms with Crippen molar-refractivity contribution in [1.29, 1.82) is 0 Å². The van der Waals surface area contributed by atoms with Gasteiger partial charge in [-0.25, -0.2) is 4.98 Å². The maximum absolute atomic E-state index is 12.9. The first kappa shape index (κ1) is 13.5. The molecule has 1 fully saturated rings. The van der Waals surface area contributed by atoms with Crippen molar-refractivity contribution < 1.29 is 19.1 Å². The van der Waals surface area contributed by atoms with Crippen LogP contribution in [0.3, 0.4) is 0 Å². The third-order valence-corrected chi connectivity index (χ3v) is 3.39. The molecule has 19 heavy (non-hydrogen) atoms. The van der Waals surface area contributed by atoms with E-state index in [2.05, 4.69) is 10.3 Å². The topological polar surface area (TPSA) is 79.3 Å². The van der Waals surface area contributed by atoms with E-state index in [1.54, 1.807) is 0 Å². The number of nitrogens with one attached hydrogen (secondary N) is 1. The third kappa shape index (κ3) is 3.27. The number of aliphatic carboxylic acids is 1. The van der Waals surface area contributed by atoms with E-state index < -0.39 is 29.8 Å². The first-order chi connectivity index (χ1) is 9.08. The van der Waals surface area contributed by atoms with Crippen molar-refractivity contribution in [3.8, 4) is 0 Å². The molecule has 2 unspecified atom stereocenters. The second-order valence-electron chi connectivity index (χ2n) is 4.68. The van der Waals surface area contributed by atoms with Gasteiger partial charge in [0.15, 0.2) is 0 Å². The number of carbonyl (C=O) groups is 2. The lowest BCUT2D eigenvalue weighted by molar-refractivity contribution is -0.143. The van der Waals surface area contributed by atoms with Crippen molar-refractivity contribution >= 4 is 11.9 Å². The van der Waals surface area contributed by atoms with Gasteiger partial charge in [0.2, 0.25) is 5.95 Å². The van der Waals surface area contributed by atoms with Crippen LogP contribution < -0.4 is 5.32 Å². The number of carbonyl (C=O) groups excluding carboxylic acids is 1. The molecule has 2 rings (SSSR count). The highest BCUT2D eigenvalue weighted by Gasteiger charge is 2.31. The molecule has 1 saturated carbocycles. The van der Waals surface area contributed by atoms with Gasteiger partial charge in [0.1, 0.15) is 0 Å². The zero-order chi connectivity index (χ0) is 13.8. The molecule has 6 heteroatoms. The minimum atomic E-state index is -0.897. The molecule has 0 saturated heterocycles. The lowest BCUT2D eigenvalue weighted by atomic mass is 9.84. The molecule has 0 bridgehead atoms. The van der Waals surface area contributed by atoms with E-state index in [1.165, 1.54) is 12.3 Å². The Morgan fingerprint density at radius 1 is 1.37 bits per heavy atom. The molecule has 5 nitrogen and oxygen atoms in total. The van der Waals surface area contributed by atoms with E-state index in [-0.39, 0.29) is 5.56 Å². The Kier molecular flexibility index (Phi) is 4.09. The van der Waals surface area contributed by atoms with E-state index in [0.29, 0.717) is 12.8 Å². The summed E-state index contributed by atoms with van der Waals surface area (Å²) in [4.78, 5) is 26.4. The third-order valence-electron chi connectivity index (χ3n) is 3.39. The summed E-state index contributed by atoms with van der Waals surface area (Å²) in [7, 11) is 0. The van der Waals surface area contributed by atoms with Gasteiger partial charge in [-0.3, -0.25) is 9.59 Å². The SMILES string of the molecule is O=C(NC1CCCCC1C(=O)O)c1ccnc(F)c1. The number of pyridine rings is 1. The number of hydrogen-bond acceptors (Lipinski definition) is 3. The average Bonchev–Trinajstić information content (AvgIpc) is 2.39.